The summed E-state index contributed by atoms with van der Waals surface area (Å²) >= 11 is 0. The summed E-state index contributed by atoms with van der Waals surface area (Å²) in [6, 6.07) is 0. The highest BCUT2D eigenvalue weighted by Crippen LogP contribution is 2.39. The molecule has 0 rings (SSSR count). The molecule has 0 aliphatic rings. The van der Waals surface area contributed by atoms with Crippen LogP contribution in [0.4, 0.5) is 0 Å². The van der Waals surface area contributed by atoms with Crippen molar-refractivity contribution in [2.24, 2.45) is 0 Å². The van der Waals surface area contributed by atoms with Gasteiger partial charge in [0.1, 0.15) is 0 Å². The molecule has 0 atom stereocenters. The summed E-state index contributed by atoms with van der Waals surface area (Å²) in [7, 11) is 0.405. The van der Waals surface area contributed by atoms with Gasteiger partial charge in [-0.3, -0.25) is 0 Å². The normalized spacial score (nSPS) is 10.2. The Morgan fingerprint density at radius 3 is 1.16 bits per heavy atom. The predicted octanol–water partition coefficient (Wildman–Crippen LogP) is 7.23. The summed E-state index contributed by atoms with van der Waals surface area (Å²) in [6.45, 7) is 12.2. The molecule has 0 aromatic carbocycles. The quantitative estimate of drug-likeness (QED) is 0.202. The van der Waals surface area contributed by atoms with Crippen LogP contribution in [-0.2, 0) is 0 Å². The lowest BCUT2D eigenvalue weighted by molar-refractivity contribution is 0.749. The highest BCUT2D eigenvalue weighted by atomic mass is 31.1. The van der Waals surface area contributed by atoms with E-state index in [1.807, 2.05) is 6.92 Å². The zero-order valence-electron chi connectivity index (χ0n) is 14.2. The van der Waals surface area contributed by atoms with Crippen molar-refractivity contribution in [3.05, 3.63) is 12.7 Å². The molecule has 0 radical (unpaired) electrons. The largest absolute Gasteiger partial charge is 0.107 e. The van der Waals surface area contributed by atoms with Crippen molar-refractivity contribution in [1.82, 2.24) is 0 Å². The number of unbranched alkanes of at least 4 members (excludes halogenated alkanes) is 6. The molecule has 0 amide bonds. The van der Waals surface area contributed by atoms with Gasteiger partial charge >= 0.3 is 0 Å². The van der Waals surface area contributed by atoms with E-state index < -0.39 is 0 Å². The van der Waals surface area contributed by atoms with Gasteiger partial charge in [0.05, 0.1) is 0 Å². The second-order valence-corrected chi connectivity index (χ2v) is 8.05. The lowest BCUT2D eigenvalue weighted by Gasteiger charge is -2.17. The fourth-order valence-electron chi connectivity index (χ4n) is 2.09. The highest BCUT2D eigenvalue weighted by Gasteiger charge is 2.06. The van der Waals surface area contributed by atoms with Crippen LogP contribution in [0.1, 0.15) is 85.5 Å². The molecule has 0 aliphatic carbocycles. The van der Waals surface area contributed by atoms with Crippen LogP contribution in [0.5, 0.6) is 0 Å². The van der Waals surface area contributed by atoms with Gasteiger partial charge < -0.3 is 0 Å². The third kappa shape index (κ3) is 20.6. The van der Waals surface area contributed by atoms with E-state index in [9.17, 15) is 0 Å². The van der Waals surface area contributed by atoms with Crippen molar-refractivity contribution >= 4 is 7.92 Å². The van der Waals surface area contributed by atoms with E-state index in [2.05, 4.69) is 27.4 Å². The van der Waals surface area contributed by atoms with E-state index in [1.165, 1.54) is 57.8 Å². The maximum atomic E-state index is 3.36. The minimum Gasteiger partial charge on any atom is -0.107 e. The van der Waals surface area contributed by atoms with E-state index >= 15 is 0 Å². The van der Waals surface area contributed by atoms with Crippen LogP contribution in [0, 0.1) is 0 Å². The molecule has 19 heavy (non-hydrogen) atoms. The van der Waals surface area contributed by atoms with Crippen molar-refractivity contribution in [3.8, 4) is 0 Å². The third-order valence-electron chi connectivity index (χ3n) is 3.23. The Labute approximate surface area is 125 Å². The Kier molecular flexibility index (Phi) is 23.1. The van der Waals surface area contributed by atoms with Gasteiger partial charge in [-0.25, -0.2) is 0 Å². The van der Waals surface area contributed by atoms with Crippen LogP contribution >= 0.6 is 7.92 Å². The molecule has 0 heterocycles. The smallest absolute Gasteiger partial charge is 0.0326 e. The van der Waals surface area contributed by atoms with Crippen molar-refractivity contribution in [3.63, 3.8) is 0 Å². The van der Waals surface area contributed by atoms with E-state index in [0.29, 0.717) is 7.92 Å². The lowest BCUT2D eigenvalue weighted by Crippen LogP contribution is -1.96. The van der Waals surface area contributed by atoms with E-state index in [1.54, 1.807) is 24.6 Å². The molecule has 0 saturated heterocycles. The zero-order valence-corrected chi connectivity index (χ0v) is 15.1. The molecule has 116 valence electrons. The summed E-state index contributed by atoms with van der Waals surface area (Å²) in [6.07, 6.45) is 19.5. The summed E-state index contributed by atoms with van der Waals surface area (Å²) in [5.74, 6) is 0. The van der Waals surface area contributed by atoms with E-state index in [4.69, 9.17) is 0 Å². The second kappa shape index (κ2) is 20.5. The maximum absolute atomic E-state index is 3.36. The van der Waals surface area contributed by atoms with Crippen LogP contribution in [0.15, 0.2) is 12.7 Å². The van der Waals surface area contributed by atoms with Crippen molar-refractivity contribution in [2.75, 3.05) is 18.5 Å². The minimum absolute atomic E-state index is 0.405. The lowest BCUT2D eigenvalue weighted by atomic mass is 10.3. The fourth-order valence-corrected chi connectivity index (χ4v) is 4.77. The van der Waals surface area contributed by atoms with Crippen molar-refractivity contribution in [2.45, 2.75) is 85.5 Å². The second-order valence-electron chi connectivity index (χ2n) is 5.37. The van der Waals surface area contributed by atoms with Crippen LogP contribution in [0.25, 0.3) is 0 Å². The van der Waals surface area contributed by atoms with Crippen LogP contribution < -0.4 is 0 Å². The topological polar surface area (TPSA) is 0 Å². The first-order chi connectivity index (χ1) is 9.26. The van der Waals surface area contributed by atoms with Gasteiger partial charge in [0.2, 0.25) is 0 Å². The summed E-state index contributed by atoms with van der Waals surface area (Å²) in [5, 5.41) is 0. The van der Waals surface area contributed by atoms with Crippen molar-refractivity contribution in [1.29, 1.82) is 0 Å². The molecule has 1 heteroatoms. The number of hydrogen-bond donors (Lipinski definition) is 0. The Bertz CT molecular complexity index is 130. The SMILES string of the molecule is C=CC.CCCCCP(CCCCC)CCCCC. The number of allylic oxidation sites excluding steroid dienone is 1. The van der Waals surface area contributed by atoms with Gasteiger partial charge in [-0.15, -0.1) is 14.5 Å². The molecular formula is C18H39P. The first-order valence-electron chi connectivity index (χ1n) is 8.56. The minimum atomic E-state index is 0.405. The molecular weight excluding hydrogens is 247 g/mol. The molecule has 0 bridgehead atoms. The first-order valence-corrected chi connectivity index (χ1v) is 10.5. The van der Waals surface area contributed by atoms with Gasteiger partial charge in [0.15, 0.2) is 0 Å². The monoisotopic (exact) mass is 286 g/mol. The molecule has 0 saturated carbocycles. The molecule has 0 unspecified atom stereocenters. The van der Waals surface area contributed by atoms with Crippen LogP contribution in [0.3, 0.4) is 0 Å². The Morgan fingerprint density at radius 2 is 0.947 bits per heavy atom. The molecule has 0 nitrogen and oxygen atoms in total. The third-order valence-corrected chi connectivity index (χ3v) is 6.08. The number of rotatable bonds is 12. The highest BCUT2D eigenvalue weighted by molar-refractivity contribution is 7.57. The predicted molar refractivity (Wildman–Crippen MR) is 96.0 cm³/mol. The van der Waals surface area contributed by atoms with Crippen LogP contribution in [0.2, 0.25) is 0 Å². The van der Waals surface area contributed by atoms with Crippen LogP contribution in [-0.4, -0.2) is 18.5 Å². The molecule has 0 aromatic rings. The van der Waals surface area contributed by atoms with Gasteiger partial charge in [-0.2, -0.15) is 0 Å². The van der Waals surface area contributed by atoms with Crippen molar-refractivity contribution < 1.29 is 0 Å². The maximum Gasteiger partial charge on any atom is -0.0326 e. The fraction of sp³-hybridized carbons (Fsp3) is 0.889. The Balaban J connectivity index is 0. The van der Waals surface area contributed by atoms with E-state index in [0.717, 1.165) is 0 Å². The van der Waals surface area contributed by atoms with Gasteiger partial charge in [0, 0.05) is 0 Å². The summed E-state index contributed by atoms with van der Waals surface area (Å²) < 4.78 is 0. The molecule has 0 spiro atoms. The molecule has 0 aliphatic heterocycles. The molecule has 0 aromatic heterocycles. The summed E-state index contributed by atoms with van der Waals surface area (Å²) in [5.41, 5.74) is 0. The van der Waals surface area contributed by atoms with Gasteiger partial charge in [-0.1, -0.05) is 65.4 Å². The van der Waals surface area contributed by atoms with E-state index in [-0.39, 0.29) is 0 Å². The van der Waals surface area contributed by atoms with Gasteiger partial charge in [-0.05, 0) is 44.7 Å². The Morgan fingerprint density at radius 1 is 0.684 bits per heavy atom. The summed E-state index contributed by atoms with van der Waals surface area (Å²) in [4.78, 5) is 0. The molecule has 0 fully saturated rings. The standard InChI is InChI=1S/C15H33P.C3H6/c1-4-7-10-13-16(14-11-8-5-2)15-12-9-6-3;1-3-2/h4-15H2,1-3H3;3H,1H2,2H3. The Hall–Kier alpha value is 0.170. The first kappa shape index (κ1) is 21.5. The van der Waals surface area contributed by atoms with Gasteiger partial charge in [0.25, 0.3) is 0 Å². The average Bonchev–Trinajstić information content (AvgIpc) is 2.40. The number of hydrogen-bond acceptors (Lipinski definition) is 0. The average molecular weight is 286 g/mol. The zero-order chi connectivity index (χ0) is 14.8. The molecule has 0 N–H and O–H groups in total.